The summed E-state index contributed by atoms with van der Waals surface area (Å²) in [6.07, 6.45) is 3.27. The second kappa shape index (κ2) is 4.63. The van der Waals surface area contributed by atoms with Gasteiger partial charge in [-0.05, 0) is 24.6 Å². The number of phenolic OH excluding ortho intramolecular Hbond substituents is 1. The van der Waals surface area contributed by atoms with Gasteiger partial charge in [0.1, 0.15) is 11.2 Å². The van der Waals surface area contributed by atoms with Crippen molar-refractivity contribution in [2.24, 2.45) is 0 Å². The number of benzene rings is 1. The predicted molar refractivity (Wildman–Crippen MR) is 84.1 cm³/mol. The molecule has 6 heteroatoms. The van der Waals surface area contributed by atoms with Gasteiger partial charge in [-0.1, -0.05) is 11.6 Å². The molecule has 0 amide bonds. The van der Waals surface area contributed by atoms with Gasteiger partial charge in [0.2, 0.25) is 5.43 Å². The summed E-state index contributed by atoms with van der Waals surface area (Å²) >= 11 is 6.14. The highest BCUT2D eigenvalue weighted by Crippen LogP contribution is 2.39. The van der Waals surface area contributed by atoms with Gasteiger partial charge in [0.15, 0.2) is 5.75 Å². The maximum absolute atomic E-state index is 12.7. The zero-order valence-corrected chi connectivity index (χ0v) is 12.6. The molecule has 1 aromatic rings. The summed E-state index contributed by atoms with van der Waals surface area (Å²) < 4.78 is 1.71. The van der Waals surface area contributed by atoms with Gasteiger partial charge in [0, 0.05) is 26.5 Å². The number of aromatic nitrogens is 2. The van der Waals surface area contributed by atoms with Crippen LogP contribution in [0.15, 0.2) is 29.3 Å². The van der Waals surface area contributed by atoms with Gasteiger partial charge in [-0.25, -0.2) is 0 Å². The summed E-state index contributed by atoms with van der Waals surface area (Å²) in [5.41, 5.74) is 1.63. The van der Waals surface area contributed by atoms with Crippen molar-refractivity contribution < 1.29 is 5.11 Å². The number of halogens is 1. The lowest BCUT2D eigenvalue weighted by Gasteiger charge is -2.25. The van der Waals surface area contributed by atoms with E-state index in [2.05, 4.69) is 4.98 Å². The topological polar surface area (TPSA) is 58.4 Å². The summed E-state index contributed by atoms with van der Waals surface area (Å²) in [5, 5.41) is 13.0. The molecular weight excluding hydrogens is 290 g/mol. The van der Waals surface area contributed by atoms with Crippen LogP contribution >= 0.6 is 11.6 Å². The zero-order chi connectivity index (χ0) is 15.3. The maximum Gasteiger partial charge on any atom is 0.214 e. The standard InChI is InChI=1S/C15H14ClN3O2/c1-8-5-7-19(18(2)3)13-10(8)14(20)12-11(15(13)21)9(16)4-6-17-12/h4-7,21H,1-3H3. The van der Waals surface area contributed by atoms with Crippen LogP contribution in [-0.2, 0) is 0 Å². The third-order valence-corrected chi connectivity index (χ3v) is 3.88. The second-order valence-corrected chi connectivity index (χ2v) is 5.52. The van der Waals surface area contributed by atoms with Crippen LogP contribution in [0.2, 0.25) is 5.02 Å². The molecular formula is C15H14ClN3O2. The van der Waals surface area contributed by atoms with Crippen LogP contribution in [0.1, 0.15) is 5.56 Å². The lowest BCUT2D eigenvalue weighted by atomic mass is 9.99. The Balaban J connectivity index is 2.67. The molecule has 21 heavy (non-hydrogen) atoms. The Morgan fingerprint density at radius 2 is 2.05 bits per heavy atom. The number of rotatable bonds is 1. The molecule has 0 bridgehead atoms. The molecule has 0 fully saturated rings. The van der Waals surface area contributed by atoms with Crippen LogP contribution in [0.25, 0.3) is 22.2 Å². The summed E-state index contributed by atoms with van der Waals surface area (Å²) in [7, 11) is 3.65. The van der Waals surface area contributed by atoms with Crippen molar-refractivity contribution in [2.45, 2.75) is 6.92 Å². The van der Waals surface area contributed by atoms with Gasteiger partial charge in [-0.3, -0.25) is 14.5 Å². The lowest BCUT2D eigenvalue weighted by molar-refractivity contribution is 0.476. The number of pyridine rings is 2. The molecule has 2 aliphatic rings. The molecule has 0 unspecified atom stereocenters. The molecule has 1 aliphatic heterocycles. The molecule has 0 aromatic carbocycles. The zero-order valence-electron chi connectivity index (χ0n) is 11.9. The van der Waals surface area contributed by atoms with Gasteiger partial charge in [0.05, 0.1) is 16.0 Å². The Morgan fingerprint density at radius 1 is 1.33 bits per heavy atom. The molecule has 2 heterocycles. The summed E-state index contributed by atoms with van der Waals surface area (Å²) in [5.74, 6) is -0.0323. The first kappa shape index (κ1) is 13.7. The highest BCUT2D eigenvalue weighted by atomic mass is 35.5. The molecule has 0 saturated heterocycles. The van der Waals surface area contributed by atoms with Crippen molar-refractivity contribution in [2.75, 3.05) is 19.1 Å². The van der Waals surface area contributed by atoms with E-state index in [1.807, 2.05) is 27.1 Å². The smallest absolute Gasteiger partial charge is 0.214 e. The molecule has 0 spiro atoms. The van der Waals surface area contributed by atoms with E-state index in [4.69, 9.17) is 11.6 Å². The van der Waals surface area contributed by atoms with Crippen LogP contribution < -0.4 is 10.4 Å². The first-order chi connectivity index (χ1) is 9.93. The third-order valence-electron chi connectivity index (χ3n) is 3.56. The molecule has 1 aromatic heterocycles. The van der Waals surface area contributed by atoms with Crippen LogP contribution in [0, 0.1) is 6.92 Å². The lowest BCUT2D eigenvalue weighted by Crippen LogP contribution is -2.28. The number of aryl methyl sites for hydroxylation is 1. The van der Waals surface area contributed by atoms with E-state index in [-0.39, 0.29) is 22.1 Å². The van der Waals surface area contributed by atoms with Gasteiger partial charge in [0.25, 0.3) is 0 Å². The first-order valence-corrected chi connectivity index (χ1v) is 6.80. The first-order valence-electron chi connectivity index (χ1n) is 6.42. The van der Waals surface area contributed by atoms with Crippen LogP contribution in [0.5, 0.6) is 5.75 Å². The average Bonchev–Trinajstić information content (AvgIpc) is 2.44. The average molecular weight is 304 g/mol. The number of hydrogen-bond donors (Lipinski definition) is 1. The van der Waals surface area contributed by atoms with Gasteiger partial charge in [-0.2, -0.15) is 0 Å². The van der Waals surface area contributed by atoms with Crippen LogP contribution in [0.3, 0.4) is 0 Å². The largest absolute Gasteiger partial charge is 0.505 e. The van der Waals surface area contributed by atoms with E-state index in [1.165, 1.54) is 6.20 Å². The number of hydrogen-bond acceptors (Lipinski definition) is 4. The fourth-order valence-corrected chi connectivity index (χ4v) is 2.80. The van der Waals surface area contributed by atoms with E-state index in [0.29, 0.717) is 16.3 Å². The number of aromatic hydroxyl groups is 1. The van der Waals surface area contributed by atoms with Crippen molar-refractivity contribution >= 4 is 22.5 Å². The van der Waals surface area contributed by atoms with E-state index in [1.54, 1.807) is 21.9 Å². The predicted octanol–water partition coefficient (Wildman–Crippen LogP) is 2.37. The summed E-state index contributed by atoms with van der Waals surface area (Å²) in [6.45, 7) is 1.83. The van der Waals surface area contributed by atoms with Crippen LogP contribution in [0.4, 0.5) is 0 Å². The van der Waals surface area contributed by atoms with Crippen LogP contribution in [-0.4, -0.2) is 28.9 Å². The molecule has 108 valence electrons. The molecule has 5 nitrogen and oxygen atoms in total. The minimum Gasteiger partial charge on any atom is -0.505 e. The summed E-state index contributed by atoms with van der Waals surface area (Å²) in [4.78, 5) is 16.8. The van der Waals surface area contributed by atoms with Crippen molar-refractivity contribution in [3.05, 3.63) is 45.3 Å². The fourth-order valence-electron chi connectivity index (χ4n) is 2.56. The monoisotopic (exact) mass is 303 g/mol. The highest BCUT2D eigenvalue weighted by molar-refractivity contribution is 6.36. The number of fused-ring (bicyclic) bond motifs is 2. The van der Waals surface area contributed by atoms with E-state index in [0.717, 1.165) is 5.56 Å². The Bertz CT molecular complexity index is 886. The minimum absolute atomic E-state index is 0.0323. The number of nitrogens with zero attached hydrogens (tertiary/aromatic N) is 3. The minimum atomic E-state index is -0.228. The Hall–Kier alpha value is -2.27. The van der Waals surface area contributed by atoms with E-state index >= 15 is 0 Å². The SMILES string of the molecule is Cc1ccn(N(C)C)c2c(O)c3c(Cl)ccnc3c(=O)c1-2. The summed E-state index contributed by atoms with van der Waals surface area (Å²) in [6, 6.07) is 3.39. The molecule has 3 rings (SSSR count). The van der Waals surface area contributed by atoms with Crippen molar-refractivity contribution in [1.29, 1.82) is 0 Å². The molecule has 1 aliphatic carbocycles. The normalized spacial score (nSPS) is 11.2. The van der Waals surface area contributed by atoms with Gasteiger partial charge in [-0.15, -0.1) is 0 Å². The van der Waals surface area contributed by atoms with Crippen molar-refractivity contribution in [3.63, 3.8) is 0 Å². The highest BCUT2D eigenvalue weighted by Gasteiger charge is 2.24. The van der Waals surface area contributed by atoms with Gasteiger partial charge < -0.3 is 10.1 Å². The molecule has 1 N–H and O–H groups in total. The third kappa shape index (κ3) is 1.85. The number of phenols is 1. The van der Waals surface area contributed by atoms with E-state index in [9.17, 15) is 9.90 Å². The van der Waals surface area contributed by atoms with Crippen molar-refractivity contribution in [3.8, 4) is 17.0 Å². The fraction of sp³-hybridized carbons (Fsp3) is 0.200. The second-order valence-electron chi connectivity index (χ2n) is 5.11. The Morgan fingerprint density at radius 3 is 2.71 bits per heavy atom. The molecule has 0 saturated carbocycles. The van der Waals surface area contributed by atoms with Gasteiger partial charge >= 0.3 is 0 Å². The Labute approximate surface area is 126 Å². The van der Waals surface area contributed by atoms with E-state index < -0.39 is 0 Å². The molecule has 0 radical (unpaired) electrons. The quantitative estimate of drug-likeness (QED) is 0.701. The Kier molecular flexibility index (Phi) is 3.02. The molecule has 0 atom stereocenters. The van der Waals surface area contributed by atoms with Crippen molar-refractivity contribution in [1.82, 2.24) is 9.66 Å². The maximum atomic E-state index is 12.7.